The number of anilines is 1. The zero-order valence-corrected chi connectivity index (χ0v) is 11.7. The van der Waals surface area contributed by atoms with E-state index < -0.39 is 5.54 Å². The van der Waals surface area contributed by atoms with Crippen LogP contribution in [0.1, 0.15) is 25.3 Å². The SMILES string of the molecule is Cc1cccc(NC(=O)C2(C)CCCN2)c1Br. The van der Waals surface area contributed by atoms with E-state index in [-0.39, 0.29) is 5.91 Å². The van der Waals surface area contributed by atoms with Crippen molar-refractivity contribution in [3.63, 3.8) is 0 Å². The summed E-state index contributed by atoms with van der Waals surface area (Å²) in [5, 5.41) is 6.24. The van der Waals surface area contributed by atoms with Crippen LogP contribution in [0.3, 0.4) is 0 Å². The highest BCUT2D eigenvalue weighted by Crippen LogP contribution is 2.27. The van der Waals surface area contributed by atoms with Gasteiger partial charge in [-0.05, 0) is 60.8 Å². The van der Waals surface area contributed by atoms with Crippen LogP contribution in [-0.2, 0) is 4.79 Å². The van der Waals surface area contributed by atoms with E-state index in [0.717, 1.165) is 35.1 Å². The molecule has 0 saturated carbocycles. The van der Waals surface area contributed by atoms with E-state index in [1.807, 2.05) is 32.0 Å². The predicted molar refractivity (Wildman–Crippen MR) is 73.2 cm³/mol. The van der Waals surface area contributed by atoms with Gasteiger partial charge in [-0.2, -0.15) is 0 Å². The Kier molecular flexibility index (Phi) is 3.54. The van der Waals surface area contributed by atoms with Crippen LogP contribution in [0.25, 0.3) is 0 Å². The molecule has 0 spiro atoms. The van der Waals surface area contributed by atoms with E-state index in [1.54, 1.807) is 0 Å². The summed E-state index contributed by atoms with van der Waals surface area (Å²) in [4.78, 5) is 12.2. The maximum absolute atomic E-state index is 12.2. The minimum absolute atomic E-state index is 0.0429. The third-order valence-corrected chi connectivity index (χ3v) is 4.36. The van der Waals surface area contributed by atoms with Crippen molar-refractivity contribution < 1.29 is 4.79 Å². The highest BCUT2D eigenvalue weighted by atomic mass is 79.9. The third kappa shape index (κ3) is 2.53. The van der Waals surface area contributed by atoms with Crippen molar-refractivity contribution in [2.24, 2.45) is 0 Å². The average molecular weight is 297 g/mol. The Bertz CT molecular complexity index is 439. The molecule has 17 heavy (non-hydrogen) atoms. The van der Waals surface area contributed by atoms with Crippen LogP contribution in [0, 0.1) is 6.92 Å². The molecule has 1 aliphatic heterocycles. The Morgan fingerprint density at radius 2 is 2.29 bits per heavy atom. The molecule has 92 valence electrons. The van der Waals surface area contributed by atoms with E-state index in [2.05, 4.69) is 26.6 Å². The lowest BCUT2D eigenvalue weighted by molar-refractivity contribution is -0.121. The predicted octanol–water partition coefficient (Wildman–Crippen LogP) is 2.84. The largest absolute Gasteiger partial charge is 0.323 e. The first kappa shape index (κ1) is 12.6. The lowest BCUT2D eigenvalue weighted by Crippen LogP contribution is -2.48. The molecule has 2 N–H and O–H groups in total. The third-order valence-electron chi connectivity index (χ3n) is 3.31. The van der Waals surface area contributed by atoms with Crippen LogP contribution in [0.2, 0.25) is 0 Å². The molecule has 0 aromatic heterocycles. The van der Waals surface area contributed by atoms with Crippen LogP contribution in [0.4, 0.5) is 5.69 Å². The monoisotopic (exact) mass is 296 g/mol. The number of amides is 1. The molecule has 1 aliphatic rings. The lowest BCUT2D eigenvalue weighted by atomic mass is 9.99. The molecular formula is C13H17BrN2O. The van der Waals surface area contributed by atoms with Crippen molar-refractivity contribution in [2.45, 2.75) is 32.2 Å². The summed E-state index contributed by atoms with van der Waals surface area (Å²) < 4.78 is 0.954. The van der Waals surface area contributed by atoms with Gasteiger partial charge in [0.1, 0.15) is 0 Å². The number of carbonyl (C=O) groups excluding carboxylic acids is 1. The van der Waals surface area contributed by atoms with Crippen LogP contribution in [-0.4, -0.2) is 18.0 Å². The highest BCUT2D eigenvalue weighted by molar-refractivity contribution is 9.10. The number of benzene rings is 1. The molecule has 1 saturated heterocycles. The second-order valence-electron chi connectivity index (χ2n) is 4.75. The molecule has 1 amide bonds. The van der Waals surface area contributed by atoms with Gasteiger partial charge in [0.2, 0.25) is 5.91 Å². The topological polar surface area (TPSA) is 41.1 Å². The van der Waals surface area contributed by atoms with Crippen LogP contribution >= 0.6 is 15.9 Å². The lowest BCUT2D eigenvalue weighted by Gasteiger charge is -2.23. The van der Waals surface area contributed by atoms with Gasteiger partial charge < -0.3 is 10.6 Å². The minimum Gasteiger partial charge on any atom is -0.323 e. The van der Waals surface area contributed by atoms with Crippen LogP contribution in [0.5, 0.6) is 0 Å². The number of carbonyl (C=O) groups is 1. The molecule has 2 rings (SSSR count). The zero-order chi connectivity index (χ0) is 12.5. The van der Waals surface area contributed by atoms with Crippen LogP contribution in [0.15, 0.2) is 22.7 Å². The van der Waals surface area contributed by atoms with Crippen molar-refractivity contribution >= 4 is 27.5 Å². The quantitative estimate of drug-likeness (QED) is 0.881. The van der Waals surface area contributed by atoms with Crippen molar-refractivity contribution in [3.05, 3.63) is 28.2 Å². The molecule has 0 aliphatic carbocycles. The first-order valence-electron chi connectivity index (χ1n) is 5.84. The number of hydrogen-bond donors (Lipinski definition) is 2. The highest BCUT2D eigenvalue weighted by Gasteiger charge is 2.36. The summed E-state index contributed by atoms with van der Waals surface area (Å²) in [7, 11) is 0. The summed E-state index contributed by atoms with van der Waals surface area (Å²) >= 11 is 3.50. The fraction of sp³-hybridized carbons (Fsp3) is 0.462. The summed E-state index contributed by atoms with van der Waals surface area (Å²) in [6.07, 6.45) is 1.95. The van der Waals surface area contributed by atoms with Crippen molar-refractivity contribution in [2.75, 3.05) is 11.9 Å². The number of aryl methyl sites for hydroxylation is 1. The van der Waals surface area contributed by atoms with E-state index in [4.69, 9.17) is 0 Å². The maximum Gasteiger partial charge on any atom is 0.244 e. The van der Waals surface area contributed by atoms with Gasteiger partial charge in [-0.25, -0.2) is 0 Å². The Labute approximate surface area is 110 Å². The van der Waals surface area contributed by atoms with Crippen molar-refractivity contribution in [3.8, 4) is 0 Å². The zero-order valence-electron chi connectivity index (χ0n) is 10.1. The molecule has 0 bridgehead atoms. The minimum atomic E-state index is -0.427. The Balaban J connectivity index is 2.16. The Morgan fingerprint density at radius 3 is 2.94 bits per heavy atom. The Morgan fingerprint density at radius 1 is 1.53 bits per heavy atom. The molecule has 1 heterocycles. The standard InChI is InChI=1S/C13H17BrN2O/c1-9-5-3-6-10(11(9)14)16-12(17)13(2)7-4-8-15-13/h3,5-6,15H,4,7-8H2,1-2H3,(H,16,17). The molecule has 1 aromatic carbocycles. The van der Waals surface area contributed by atoms with Gasteiger partial charge in [-0.1, -0.05) is 12.1 Å². The van der Waals surface area contributed by atoms with Gasteiger partial charge in [-0.3, -0.25) is 4.79 Å². The maximum atomic E-state index is 12.2. The second kappa shape index (κ2) is 4.78. The molecular weight excluding hydrogens is 280 g/mol. The Hall–Kier alpha value is -0.870. The summed E-state index contributed by atoms with van der Waals surface area (Å²) in [5.74, 6) is 0.0429. The number of halogens is 1. The van der Waals surface area contributed by atoms with Gasteiger partial charge in [0.25, 0.3) is 0 Å². The van der Waals surface area contributed by atoms with Gasteiger partial charge in [0.15, 0.2) is 0 Å². The molecule has 1 unspecified atom stereocenters. The molecule has 1 fully saturated rings. The smallest absolute Gasteiger partial charge is 0.244 e. The number of nitrogens with one attached hydrogen (secondary N) is 2. The number of hydrogen-bond acceptors (Lipinski definition) is 2. The molecule has 3 nitrogen and oxygen atoms in total. The van der Waals surface area contributed by atoms with E-state index in [0.29, 0.717) is 0 Å². The average Bonchev–Trinajstić information content (AvgIpc) is 2.73. The molecule has 4 heteroatoms. The first-order valence-corrected chi connectivity index (χ1v) is 6.64. The van der Waals surface area contributed by atoms with E-state index in [9.17, 15) is 4.79 Å². The fourth-order valence-electron chi connectivity index (χ4n) is 2.09. The van der Waals surface area contributed by atoms with E-state index in [1.165, 1.54) is 0 Å². The second-order valence-corrected chi connectivity index (χ2v) is 5.55. The van der Waals surface area contributed by atoms with Crippen molar-refractivity contribution in [1.82, 2.24) is 5.32 Å². The van der Waals surface area contributed by atoms with Gasteiger partial charge in [0, 0.05) is 4.47 Å². The normalized spacial score (nSPS) is 23.7. The molecule has 1 aromatic rings. The van der Waals surface area contributed by atoms with Crippen molar-refractivity contribution in [1.29, 1.82) is 0 Å². The molecule has 1 atom stereocenters. The molecule has 0 radical (unpaired) electrons. The fourth-order valence-corrected chi connectivity index (χ4v) is 2.46. The summed E-state index contributed by atoms with van der Waals surface area (Å²) in [6, 6.07) is 5.86. The van der Waals surface area contributed by atoms with Crippen LogP contribution < -0.4 is 10.6 Å². The van der Waals surface area contributed by atoms with E-state index >= 15 is 0 Å². The number of rotatable bonds is 2. The first-order chi connectivity index (χ1) is 8.03. The summed E-state index contributed by atoms with van der Waals surface area (Å²) in [5.41, 5.74) is 1.53. The van der Waals surface area contributed by atoms with Gasteiger partial charge in [0.05, 0.1) is 11.2 Å². The summed E-state index contributed by atoms with van der Waals surface area (Å²) in [6.45, 7) is 4.88. The van der Waals surface area contributed by atoms with Gasteiger partial charge >= 0.3 is 0 Å². The van der Waals surface area contributed by atoms with Gasteiger partial charge in [-0.15, -0.1) is 0 Å².